The van der Waals surface area contributed by atoms with E-state index in [9.17, 15) is 4.79 Å². The van der Waals surface area contributed by atoms with Gasteiger partial charge in [0, 0.05) is 30.0 Å². The van der Waals surface area contributed by atoms with Gasteiger partial charge in [-0.3, -0.25) is 4.79 Å². The molecule has 110 valence electrons. The lowest BCUT2D eigenvalue weighted by molar-refractivity contribution is -0.123. The van der Waals surface area contributed by atoms with Crippen LogP contribution in [0, 0.1) is 5.92 Å². The normalized spacial score (nSPS) is 12.8. The molecule has 1 aromatic rings. The van der Waals surface area contributed by atoms with Gasteiger partial charge in [0.2, 0.25) is 12.7 Å². The topological polar surface area (TPSA) is 59.6 Å². The Hall–Kier alpha value is -1.27. The van der Waals surface area contributed by atoms with E-state index in [0.717, 1.165) is 28.1 Å². The van der Waals surface area contributed by atoms with E-state index in [-0.39, 0.29) is 18.6 Å². The van der Waals surface area contributed by atoms with E-state index in [2.05, 4.69) is 26.6 Å². The Morgan fingerprint density at radius 3 is 2.70 bits per heavy atom. The van der Waals surface area contributed by atoms with Crippen molar-refractivity contribution in [1.82, 2.24) is 10.6 Å². The molecule has 1 aliphatic rings. The van der Waals surface area contributed by atoms with Gasteiger partial charge in [-0.1, -0.05) is 29.8 Å². The molecule has 1 amide bonds. The number of hydrogen-bond donors (Lipinski definition) is 2. The molecule has 5 nitrogen and oxygen atoms in total. The van der Waals surface area contributed by atoms with Crippen LogP contribution in [0.2, 0.25) is 0 Å². The summed E-state index contributed by atoms with van der Waals surface area (Å²) < 4.78 is 11.6. The summed E-state index contributed by atoms with van der Waals surface area (Å²) in [5.74, 6) is 1.65. The van der Waals surface area contributed by atoms with Crippen molar-refractivity contribution >= 4 is 21.8 Å². The number of rotatable bonds is 6. The molecule has 1 aromatic carbocycles. The van der Waals surface area contributed by atoms with Crippen molar-refractivity contribution in [2.24, 2.45) is 5.92 Å². The smallest absolute Gasteiger partial charge is 0.231 e. The fourth-order valence-corrected chi connectivity index (χ4v) is 2.26. The number of carbonyl (C=O) groups excluding carboxylic acids is 1. The second-order valence-electron chi connectivity index (χ2n) is 4.92. The van der Waals surface area contributed by atoms with Crippen molar-refractivity contribution in [2.75, 3.05) is 19.9 Å². The molecule has 0 saturated carbocycles. The van der Waals surface area contributed by atoms with Crippen molar-refractivity contribution in [3.8, 4) is 11.5 Å². The fourth-order valence-electron chi connectivity index (χ4n) is 1.80. The number of hydrogen-bond acceptors (Lipinski definition) is 4. The van der Waals surface area contributed by atoms with Crippen LogP contribution >= 0.6 is 15.9 Å². The SMILES string of the molecule is CC(C)C(=O)NCCNCc1cc2c(cc1Br)OCO2. The maximum atomic E-state index is 11.4. The minimum atomic E-state index is 0.0259. The van der Waals surface area contributed by atoms with E-state index in [1.165, 1.54) is 0 Å². The van der Waals surface area contributed by atoms with Gasteiger partial charge in [0.1, 0.15) is 0 Å². The largest absolute Gasteiger partial charge is 0.454 e. The molecule has 0 aliphatic carbocycles. The molecule has 20 heavy (non-hydrogen) atoms. The van der Waals surface area contributed by atoms with E-state index < -0.39 is 0 Å². The van der Waals surface area contributed by atoms with Gasteiger partial charge in [-0.05, 0) is 17.7 Å². The molecule has 6 heteroatoms. The first-order valence-electron chi connectivity index (χ1n) is 6.64. The quantitative estimate of drug-likeness (QED) is 0.776. The third-order valence-corrected chi connectivity index (χ3v) is 3.72. The third-order valence-electron chi connectivity index (χ3n) is 2.98. The first-order valence-corrected chi connectivity index (χ1v) is 7.43. The van der Waals surface area contributed by atoms with Crippen molar-refractivity contribution < 1.29 is 14.3 Å². The van der Waals surface area contributed by atoms with Gasteiger partial charge >= 0.3 is 0 Å². The van der Waals surface area contributed by atoms with Gasteiger partial charge in [-0.15, -0.1) is 0 Å². The Balaban J connectivity index is 1.76. The fraction of sp³-hybridized carbons (Fsp3) is 0.500. The summed E-state index contributed by atoms with van der Waals surface area (Å²) in [6.07, 6.45) is 0. The summed E-state index contributed by atoms with van der Waals surface area (Å²) in [6.45, 7) is 6.09. The summed E-state index contributed by atoms with van der Waals surface area (Å²) in [4.78, 5) is 11.4. The summed E-state index contributed by atoms with van der Waals surface area (Å²) in [6, 6.07) is 3.88. The van der Waals surface area contributed by atoms with Crippen molar-refractivity contribution in [1.29, 1.82) is 0 Å². The first-order chi connectivity index (χ1) is 9.58. The Morgan fingerprint density at radius 1 is 1.30 bits per heavy atom. The molecule has 0 unspecified atom stereocenters. The molecule has 0 radical (unpaired) electrons. The number of amides is 1. The Bertz CT molecular complexity index is 492. The zero-order valence-corrected chi connectivity index (χ0v) is 13.2. The van der Waals surface area contributed by atoms with Crippen LogP contribution in [0.1, 0.15) is 19.4 Å². The molecule has 0 fully saturated rings. The number of halogens is 1. The predicted molar refractivity (Wildman–Crippen MR) is 79.8 cm³/mol. The number of ether oxygens (including phenoxy) is 2. The van der Waals surface area contributed by atoms with E-state index >= 15 is 0 Å². The van der Waals surface area contributed by atoms with Gasteiger partial charge in [0.05, 0.1) is 0 Å². The van der Waals surface area contributed by atoms with Gasteiger partial charge in [0.15, 0.2) is 11.5 Å². The zero-order valence-electron chi connectivity index (χ0n) is 11.7. The lowest BCUT2D eigenvalue weighted by Gasteiger charge is -2.10. The van der Waals surface area contributed by atoms with Crippen LogP contribution in [0.15, 0.2) is 16.6 Å². The summed E-state index contributed by atoms with van der Waals surface area (Å²) in [5.41, 5.74) is 1.10. The molecule has 0 bridgehead atoms. The highest BCUT2D eigenvalue weighted by Crippen LogP contribution is 2.36. The zero-order chi connectivity index (χ0) is 14.5. The lowest BCUT2D eigenvalue weighted by Crippen LogP contribution is -2.34. The molecule has 1 aliphatic heterocycles. The molecular formula is C14H19BrN2O3. The summed E-state index contributed by atoms with van der Waals surface area (Å²) >= 11 is 3.52. The van der Waals surface area contributed by atoms with Crippen LogP contribution in [-0.2, 0) is 11.3 Å². The maximum Gasteiger partial charge on any atom is 0.231 e. The van der Waals surface area contributed by atoms with E-state index in [1.54, 1.807) is 0 Å². The van der Waals surface area contributed by atoms with Crippen LogP contribution in [0.25, 0.3) is 0 Å². The standard InChI is InChI=1S/C14H19BrN2O3/c1-9(2)14(18)17-4-3-16-7-10-5-12-13(6-11(10)15)20-8-19-12/h5-6,9,16H,3-4,7-8H2,1-2H3,(H,17,18). The molecular weight excluding hydrogens is 324 g/mol. The number of nitrogens with one attached hydrogen (secondary N) is 2. The number of carbonyl (C=O) groups is 1. The van der Waals surface area contributed by atoms with Crippen LogP contribution in [0.3, 0.4) is 0 Å². The van der Waals surface area contributed by atoms with Gasteiger partial charge in [-0.25, -0.2) is 0 Å². The second kappa shape index (κ2) is 6.95. The van der Waals surface area contributed by atoms with Gasteiger partial charge in [0.25, 0.3) is 0 Å². The van der Waals surface area contributed by atoms with E-state index in [0.29, 0.717) is 13.1 Å². The van der Waals surface area contributed by atoms with Crippen LogP contribution in [0.4, 0.5) is 0 Å². The van der Waals surface area contributed by atoms with Crippen LogP contribution < -0.4 is 20.1 Å². The molecule has 1 heterocycles. The van der Waals surface area contributed by atoms with Gasteiger partial charge < -0.3 is 20.1 Å². The van der Waals surface area contributed by atoms with Gasteiger partial charge in [-0.2, -0.15) is 0 Å². The molecule has 0 saturated heterocycles. The summed E-state index contributed by atoms with van der Waals surface area (Å²) in [7, 11) is 0. The van der Waals surface area contributed by atoms with Crippen molar-refractivity contribution in [2.45, 2.75) is 20.4 Å². The Morgan fingerprint density at radius 2 is 2.00 bits per heavy atom. The monoisotopic (exact) mass is 342 g/mol. The molecule has 0 aromatic heterocycles. The molecule has 2 N–H and O–H groups in total. The molecule has 2 rings (SSSR count). The predicted octanol–water partition coefficient (Wildman–Crippen LogP) is 2.04. The minimum Gasteiger partial charge on any atom is -0.454 e. The molecule has 0 atom stereocenters. The maximum absolute atomic E-state index is 11.4. The van der Waals surface area contributed by atoms with Crippen molar-refractivity contribution in [3.63, 3.8) is 0 Å². The average Bonchev–Trinajstić information content (AvgIpc) is 2.84. The average molecular weight is 343 g/mol. The Labute approximate surface area is 127 Å². The minimum absolute atomic E-state index is 0.0259. The second-order valence-corrected chi connectivity index (χ2v) is 5.77. The Kier molecular flexibility index (Phi) is 5.25. The highest BCUT2D eigenvalue weighted by atomic mass is 79.9. The first kappa shape index (κ1) is 15.1. The summed E-state index contributed by atoms with van der Waals surface area (Å²) in [5, 5.41) is 6.15. The number of fused-ring (bicyclic) bond motifs is 1. The number of benzene rings is 1. The van der Waals surface area contributed by atoms with Crippen LogP contribution in [-0.4, -0.2) is 25.8 Å². The highest BCUT2D eigenvalue weighted by Gasteiger charge is 2.15. The molecule has 0 spiro atoms. The highest BCUT2D eigenvalue weighted by molar-refractivity contribution is 9.10. The third kappa shape index (κ3) is 3.86. The lowest BCUT2D eigenvalue weighted by atomic mass is 10.2. The van der Waals surface area contributed by atoms with E-state index in [4.69, 9.17) is 9.47 Å². The van der Waals surface area contributed by atoms with Crippen molar-refractivity contribution in [3.05, 3.63) is 22.2 Å². The van der Waals surface area contributed by atoms with E-state index in [1.807, 2.05) is 26.0 Å². The van der Waals surface area contributed by atoms with Crippen LogP contribution in [0.5, 0.6) is 11.5 Å².